The van der Waals surface area contributed by atoms with E-state index in [2.05, 4.69) is 45.0 Å². The smallest absolute Gasteiger partial charge is 0.244 e. The highest BCUT2D eigenvalue weighted by molar-refractivity contribution is 14.0. The molecule has 0 saturated carbocycles. The first-order valence-corrected chi connectivity index (χ1v) is 11.4. The normalized spacial score (nSPS) is 16.6. The van der Waals surface area contributed by atoms with Crippen molar-refractivity contribution in [2.24, 2.45) is 18.0 Å². The first kappa shape index (κ1) is 27.1. The molecule has 0 bridgehead atoms. The number of aliphatic hydroxyl groups is 1. The molecule has 3 rings (SSSR count). The fourth-order valence-corrected chi connectivity index (χ4v) is 3.98. The molecule has 1 aromatic heterocycles. The summed E-state index contributed by atoms with van der Waals surface area (Å²) >= 11 is 0. The molecule has 2 heterocycles. The van der Waals surface area contributed by atoms with Gasteiger partial charge in [-0.1, -0.05) is 30.3 Å². The van der Waals surface area contributed by atoms with E-state index in [0.29, 0.717) is 18.4 Å². The molecule has 33 heavy (non-hydrogen) atoms. The van der Waals surface area contributed by atoms with Gasteiger partial charge in [0.1, 0.15) is 12.1 Å². The zero-order valence-electron chi connectivity index (χ0n) is 19.8. The summed E-state index contributed by atoms with van der Waals surface area (Å²) in [6.45, 7) is 6.27. The van der Waals surface area contributed by atoms with E-state index in [9.17, 15) is 9.90 Å². The summed E-state index contributed by atoms with van der Waals surface area (Å²) in [7, 11) is 1.81. The van der Waals surface area contributed by atoms with E-state index in [4.69, 9.17) is 0 Å². The van der Waals surface area contributed by atoms with Crippen LogP contribution in [0.2, 0.25) is 0 Å². The molecule has 3 N–H and O–H groups in total. The van der Waals surface area contributed by atoms with Gasteiger partial charge in [0, 0.05) is 38.4 Å². The Morgan fingerprint density at radius 1 is 1.24 bits per heavy atom. The lowest BCUT2D eigenvalue weighted by molar-refractivity contribution is -0.130. The van der Waals surface area contributed by atoms with Crippen LogP contribution >= 0.6 is 24.0 Å². The van der Waals surface area contributed by atoms with Crippen molar-refractivity contribution < 1.29 is 9.90 Å². The number of nitrogens with one attached hydrogen (secondary N) is 2. The molecule has 1 atom stereocenters. The Balaban J connectivity index is 0.00000385. The van der Waals surface area contributed by atoms with Gasteiger partial charge in [-0.25, -0.2) is 4.99 Å². The number of guanidine groups is 1. The summed E-state index contributed by atoms with van der Waals surface area (Å²) in [5.74, 6) is 1.18. The van der Waals surface area contributed by atoms with Crippen molar-refractivity contribution in [3.8, 4) is 0 Å². The topological polar surface area (TPSA) is 94.8 Å². The molecule has 182 valence electrons. The maximum Gasteiger partial charge on any atom is 0.244 e. The molecule has 1 unspecified atom stereocenters. The van der Waals surface area contributed by atoms with E-state index in [1.54, 1.807) is 24.0 Å². The number of hydrogen-bond acceptors (Lipinski definition) is 4. The fourth-order valence-electron chi connectivity index (χ4n) is 3.98. The second-order valence-corrected chi connectivity index (χ2v) is 8.74. The number of carbonyl (C=O) groups is 1. The lowest BCUT2D eigenvalue weighted by Crippen LogP contribution is -2.45. The minimum absolute atomic E-state index is 0. The molecular weight excluding hydrogens is 531 g/mol. The molecule has 1 aliphatic heterocycles. The number of halogens is 1. The largest absolute Gasteiger partial charge is 0.383 e. The van der Waals surface area contributed by atoms with Crippen LogP contribution in [0, 0.1) is 5.92 Å². The van der Waals surface area contributed by atoms with E-state index in [1.165, 1.54) is 5.56 Å². The third-order valence-corrected chi connectivity index (χ3v) is 5.98. The SMILES string of the molecule is CCNC(=NCC(=O)N1CCC(Cc2ccccc2)CC1)NCC(C)(O)c1cnn(C)c1.I. The molecule has 8 nitrogen and oxygen atoms in total. The number of hydrogen-bond donors (Lipinski definition) is 3. The predicted octanol–water partition coefficient (Wildman–Crippen LogP) is 2.28. The average molecular weight is 569 g/mol. The number of aliphatic imine (C=N–C) groups is 1. The van der Waals surface area contributed by atoms with E-state index in [0.717, 1.165) is 37.9 Å². The van der Waals surface area contributed by atoms with Crippen molar-refractivity contribution in [1.82, 2.24) is 25.3 Å². The van der Waals surface area contributed by atoms with Gasteiger partial charge >= 0.3 is 0 Å². The number of benzene rings is 1. The zero-order valence-corrected chi connectivity index (χ0v) is 22.2. The lowest BCUT2D eigenvalue weighted by atomic mass is 9.90. The molecule has 0 aliphatic carbocycles. The van der Waals surface area contributed by atoms with Crippen LogP contribution in [0.5, 0.6) is 0 Å². The van der Waals surface area contributed by atoms with Gasteiger partial charge in [-0.3, -0.25) is 9.48 Å². The van der Waals surface area contributed by atoms with Gasteiger partial charge < -0.3 is 20.6 Å². The van der Waals surface area contributed by atoms with Crippen molar-refractivity contribution >= 4 is 35.8 Å². The fraction of sp³-hybridized carbons (Fsp3) is 0.542. The zero-order chi connectivity index (χ0) is 23.0. The van der Waals surface area contributed by atoms with Gasteiger partial charge in [0.05, 0.1) is 12.7 Å². The Hall–Kier alpha value is -2.14. The van der Waals surface area contributed by atoms with Crippen LogP contribution in [0.4, 0.5) is 0 Å². The third kappa shape index (κ3) is 8.29. The Bertz CT molecular complexity index is 891. The van der Waals surface area contributed by atoms with Gasteiger partial charge in [0.2, 0.25) is 5.91 Å². The van der Waals surface area contributed by atoms with Crippen molar-refractivity contribution in [2.75, 3.05) is 32.7 Å². The summed E-state index contributed by atoms with van der Waals surface area (Å²) in [6, 6.07) is 10.6. The van der Waals surface area contributed by atoms with Crippen LogP contribution in [-0.2, 0) is 23.9 Å². The van der Waals surface area contributed by atoms with Crippen molar-refractivity contribution in [2.45, 2.75) is 38.7 Å². The second kappa shape index (κ2) is 12.9. The van der Waals surface area contributed by atoms with Crippen LogP contribution in [0.25, 0.3) is 0 Å². The number of piperidine rings is 1. The molecular formula is C24H37IN6O2. The van der Waals surface area contributed by atoms with Crippen molar-refractivity contribution in [1.29, 1.82) is 0 Å². The summed E-state index contributed by atoms with van der Waals surface area (Å²) in [4.78, 5) is 19.1. The third-order valence-electron chi connectivity index (χ3n) is 5.98. The number of aromatic nitrogens is 2. The molecule has 1 fully saturated rings. The number of likely N-dealkylation sites (tertiary alicyclic amines) is 1. The molecule has 1 aromatic carbocycles. The molecule has 1 saturated heterocycles. The van der Waals surface area contributed by atoms with Crippen molar-refractivity contribution in [3.05, 3.63) is 53.9 Å². The molecule has 1 amide bonds. The quantitative estimate of drug-likeness (QED) is 0.258. The van der Waals surface area contributed by atoms with Gasteiger partial charge in [0.15, 0.2) is 5.96 Å². The Morgan fingerprint density at radius 3 is 2.55 bits per heavy atom. The van der Waals surface area contributed by atoms with Crippen LogP contribution in [0.3, 0.4) is 0 Å². The number of rotatable bonds is 8. The number of aryl methyl sites for hydroxylation is 1. The molecule has 0 radical (unpaired) electrons. The first-order chi connectivity index (χ1) is 15.4. The van der Waals surface area contributed by atoms with E-state index in [1.807, 2.05) is 24.9 Å². The van der Waals surface area contributed by atoms with Gasteiger partial charge in [-0.15, -0.1) is 24.0 Å². The van der Waals surface area contributed by atoms with Gasteiger partial charge in [0.25, 0.3) is 0 Å². The molecule has 2 aromatic rings. The number of carbonyl (C=O) groups excluding carboxylic acids is 1. The molecule has 9 heteroatoms. The summed E-state index contributed by atoms with van der Waals surface area (Å²) in [6.07, 6.45) is 6.56. The average Bonchev–Trinajstić information content (AvgIpc) is 3.24. The highest BCUT2D eigenvalue weighted by Crippen LogP contribution is 2.22. The van der Waals surface area contributed by atoms with E-state index < -0.39 is 5.60 Å². The highest BCUT2D eigenvalue weighted by atomic mass is 127. The Morgan fingerprint density at radius 2 is 1.94 bits per heavy atom. The van der Waals surface area contributed by atoms with Crippen molar-refractivity contribution in [3.63, 3.8) is 0 Å². The second-order valence-electron chi connectivity index (χ2n) is 8.74. The van der Waals surface area contributed by atoms with Crippen LogP contribution in [0.15, 0.2) is 47.7 Å². The predicted molar refractivity (Wildman–Crippen MR) is 142 cm³/mol. The standard InChI is InChI=1S/C24H36N6O2.HI/c1-4-25-23(27-18-24(2,32)21-15-28-29(3)17-21)26-16-22(31)30-12-10-20(11-13-30)14-19-8-6-5-7-9-19;/h5-9,15,17,20,32H,4,10-14,16,18H2,1-3H3,(H2,25,26,27);1H. The van der Waals surface area contributed by atoms with Crippen LogP contribution in [0.1, 0.15) is 37.8 Å². The molecule has 0 spiro atoms. The molecule has 1 aliphatic rings. The maximum absolute atomic E-state index is 12.7. The Kier molecular flexibility index (Phi) is 10.6. The minimum Gasteiger partial charge on any atom is -0.383 e. The first-order valence-electron chi connectivity index (χ1n) is 11.4. The van der Waals surface area contributed by atoms with Gasteiger partial charge in [-0.05, 0) is 44.6 Å². The van der Waals surface area contributed by atoms with Gasteiger partial charge in [-0.2, -0.15) is 5.10 Å². The maximum atomic E-state index is 12.7. The Labute approximate surface area is 213 Å². The minimum atomic E-state index is -1.10. The van der Waals surface area contributed by atoms with Crippen LogP contribution in [-0.4, -0.2) is 64.4 Å². The highest BCUT2D eigenvalue weighted by Gasteiger charge is 2.26. The van der Waals surface area contributed by atoms with E-state index >= 15 is 0 Å². The lowest BCUT2D eigenvalue weighted by Gasteiger charge is -2.32. The number of nitrogens with zero attached hydrogens (tertiary/aromatic N) is 4. The summed E-state index contributed by atoms with van der Waals surface area (Å²) < 4.78 is 1.66. The summed E-state index contributed by atoms with van der Waals surface area (Å²) in [5, 5.41) is 21.2. The monoisotopic (exact) mass is 568 g/mol. The number of amides is 1. The summed E-state index contributed by atoms with van der Waals surface area (Å²) in [5.41, 5.74) is 0.984. The van der Waals surface area contributed by atoms with Crippen LogP contribution < -0.4 is 10.6 Å². The van der Waals surface area contributed by atoms with E-state index in [-0.39, 0.29) is 43.0 Å².